The van der Waals surface area contributed by atoms with Crippen molar-refractivity contribution in [3.8, 4) is 16.3 Å². The molecule has 0 N–H and O–H groups in total. The highest BCUT2D eigenvalue weighted by molar-refractivity contribution is 7.16. The van der Waals surface area contributed by atoms with Crippen LogP contribution in [0.2, 0.25) is 0 Å². The van der Waals surface area contributed by atoms with Crippen LogP contribution < -0.4 is 4.74 Å². The molecule has 144 valence electrons. The Labute approximate surface area is 164 Å². The third kappa shape index (κ3) is 3.68. The third-order valence-electron chi connectivity index (χ3n) is 5.29. The predicted octanol–water partition coefficient (Wildman–Crippen LogP) is 5.46. The van der Waals surface area contributed by atoms with E-state index in [2.05, 4.69) is 4.98 Å². The lowest BCUT2D eigenvalue weighted by Crippen LogP contribution is -2.41. The van der Waals surface area contributed by atoms with E-state index in [1.807, 2.05) is 58.9 Å². The van der Waals surface area contributed by atoms with Crippen LogP contribution >= 0.6 is 11.3 Å². The van der Waals surface area contributed by atoms with E-state index in [1.165, 1.54) is 11.3 Å². The molecule has 0 bridgehead atoms. The van der Waals surface area contributed by atoms with Crippen LogP contribution in [0.15, 0.2) is 30.0 Å². The van der Waals surface area contributed by atoms with Crippen molar-refractivity contribution in [2.75, 3.05) is 7.11 Å². The molecule has 0 radical (unpaired) electrons. The summed E-state index contributed by atoms with van der Waals surface area (Å²) in [5.41, 5.74) is 0.706. The summed E-state index contributed by atoms with van der Waals surface area (Å²) in [6.45, 7) is 11.3. The lowest BCUT2D eigenvalue weighted by atomic mass is 9.84. The van der Waals surface area contributed by atoms with E-state index >= 15 is 4.39 Å². The molecule has 1 aliphatic rings. The number of hydrogen-bond donors (Lipinski definition) is 0. The minimum Gasteiger partial charge on any atom is -0.497 e. The molecule has 2 aromatic rings. The highest BCUT2D eigenvalue weighted by Gasteiger charge is 2.53. The zero-order chi connectivity index (χ0) is 20.0. The first-order valence-corrected chi connectivity index (χ1v) is 9.71. The summed E-state index contributed by atoms with van der Waals surface area (Å²) in [7, 11) is 0.633. The zero-order valence-corrected chi connectivity index (χ0v) is 17.7. The summed E-state index contributed by atoms with van der Waals surface area (Å²) in [5.74, 6) is 0.787. The first-order chi connectivity index (χ1) is 12.6. The second kappa shape index (κ2) is 7.04. The van der Waals surface area contributed by atoms with Gasteiger partial charge in [0.05, 0.1) is 28.9 Å². The van der Waals surface area contributed by atoms with Crippen molar-refractivity contribution in [3.05, 3.63) is 40.6 Å². The summed E-state index contributed by atoms with van der Waals surface area (Å²) < 4.78 is 32.0. The summed E-state index contributed by atoms with van der Waals surface area (Å²) in [4.78, 5) is 5.42. The Bertz CT molecular complexity index is 858. The van der Waals surface area contributed by atoms with Gasteiger partial charge in [-0.05, 0) is 71.4 Å². The van der Waals surface area contributed by atoms with E-state index < -0.39 is 24.0 Å². The maximum atomic E-state index is 15.2. The van der Waals surface area contributed by atoms with Crippen molar-refractivity contribution in [1.82, 2.24) is 4.98 Å². The molecule has 0 unspecified atom stereocenters. The van der Waals surface area contributed by atoms with E-state index in [0.29, 0.717) is 5.57 Å². The molecule has 0 spiro atoms. The van der Waals surface area contributed by atoms with Crippen LogP contribution in [-0.2, 0) is 9.31 Å². The fraction of sp³-hybridized carbons (Fsp3) is 0.450. The van der Waals surface area contributed by atoms with Gasteiger partial charge in [0.1, 0.15) is 16.5 Å². The van der Waals surface area contributed by atoms with Crippen molar-refractivity contribution in [3.63, 3.8) is 0 Å². The van der Waals surface area contributed by atoms with Gasteiger partial charge < -0.3 is 14.0 Å². The van der Waals surface area contributed by atoms with Crippen LogP contribution in [0, 0.1) is 6.92 Å². The van der Waals surface area contributed by atoms with Gasteiger partial charge in [-0.2, -0.15) is 0 Å². The Morgan fingerprint density at radius 1 is 1.11 bits per heavy atom. The van der Waals surface area contributed by atoms with Crippen molar-refractivity contribution in [2.45, 2.75) is 52.7 Å². The molecular formula is C20H25BFNO3S. The van der Waals surface area contributed by atoms with Gasteiger partial charge in [-0.3, -0.25) is 0 Å². The number of hydrogen-bond acceptors (Lipinski definition) is 5. The lowest BCUT2D eigenvalue weighted by Gasteiger charge is -2.32. The molecule has 2 heterocycles. The fourth-order valence-electron chi connectivity index (χ4n) is 2.83. The molecule has 0 atom stereocenters. The minimum absolute atomic E-state index is 0.401. The fourth-order valence-corrected chi connectivity index (χ4v) is 3.91. The van der Waals surface area contributed by atoms with Gasteiger partial charge in [-0.25, -0.2) is 9.37 Å². The van der Waals surface area contributed by atoms with Gasteiger partial charge in [0.15, 0.2) is 0 Å². The largest absolute Gasteiger partial charge is 0.525 e. The van der Waals surface area contributed by atoms with Crippen LogP contribution in [0.5, 0.6) is 5.75 Å². The molecule has 27 heavy (non-hydrogen) atoms. The maximum Gasteiger partial charge on any atom is 0.525 e. The number of aryl methyl sites for hydroxylation is 1. The Balaban J connectivity index is 1.91. The molecule has 1 fully saturated rings. The van der Waals surface area contributed by atoms with Gasteiger partial charge >= 0.3 is 7.12 Å². The quantitative estimate of drug-likeness (QED) is 0.652. The molecule has 3 rings (SSSR count). The highest BCUT2D eigenvalue weighted by atomic mass is 32.1. The van der Waals surface area contributed by atoms with Crippen LogP contribution in [0.25, 0.3) is 16.1 Å². The average molecular weight is 389 g/mol. The van der Waals surface area contributed by atoms with Crippen LogP contribution in [0.4, 0.5) is 4.39 Å². The van der Waals surface area contributed by atoms with Crippen molar-refractivity contribution in [2.24, 2.45) is 0 Å². The minimum atomic E-state index is -0.999. The molecule has 0 amide bonds. The Hall–Kier alpha value is -1.70. The Morgan fingerprint density at radius 3 is 2.19 bits per heavy atom. The van der Waals surface area contributed by atoms with E-state index in [0.717, 1.165) is 26.9 Å². The monoisotopic (exact) mass is 389 g/mol. The summed E-state index contributed by atoms with van der Waals surface area (Å²) in [6, 6.07) is 7.67. The summed E-state index contributed by atoms with van der Waals surface area (Å²) >= 11 is 1.46. The van der Waals surface area contributed by atoms with E-state index in [-0.39, 0.29) is 0 Å². The SMILES string of the molecule is COc1ccc(-c2nc(C)c(C(C)=C(F)B3OC(C)(C)C(C)(C)O3)s2)cc1. The Morgan fingerprint density at radius 2 is 1.67 bits per heavy atom. The molecule has 1 aliphatic heterocycles. The second-order valence-electron chi connectivity index (χ2n) is 7.72. The Kier molecular flexibility index (Phi) is 5.23. The molecule has 0 aliphatic carbocycles. The molecule has 0 saturated carbocycles. The van der Waals surface area contributed by atoms with Crippen LogP contribution in [0.1, 0.15) is 45.2 Å². The first kappa shape index (κ1) is 20.0. The number of rotatable bonds is 4. The topological polar surface area (TPSA) is 40.6 Å². The smallest absolute Gasteiger partial charge is 0.497 e. The van der Waals surface area contributed by atoms with Crippen molar-refractivity contribution >= 4 is 24.0 Å². The highest BCUT2D eigenvalue weighted by Crippen LogP contribution is 2.41. The predicted molar refractivity (Wildman–Crippen MR) is 109 cm³/mol. The number of allylic oxidation sites excluding steroid dienone is 1. The number of halogens is 1. The van der Waals surface area contributed by atoms with Gasteiger partial charge in [-0.15, -0.1) is 11.3 Å². The molecule has 1 aromatic heterocycles. The maximum absolute atomic E-state index is 15.2. The van der Waals surface area contributed by atoms with Crippen LogP contribution in [0.3, 0.4) is 0 Å². The molecule has 4 nitrogen and oxygen atoms in total. The second-order valence-corrected chi connectivity index (χ2v) is 8.72. The molecule has 1 saturated heterocycles. The van der Waals surface area contributed by atoms with E-state index in [4.69, 9.17) is 14.0 Å². The number of nitrogens with zero attached hydrogens (tertiary/aromatic N) is 1. The normalized spacial score (nSPS) is 19.2. The van der Waals surface area contributed by atoms with Crippen molar-refractivity contribution in [1.29, 1.82) is 0 Å². The van der Waals surface area contributed by atoms with E-state index in [1.54, 1.807) is 14.0 Å². The number of ether oxygens (including phenoxy) is 1. The van der Waals surface area contributed by atoms with E-state index in [9.17, 15) is 0 Å². The van der Waals surface area contributed by atoms with Gasteiger partial charge in [0.25, 0.3) is 0 Å². The van der Waals surface area contributed by atoms with Gasteiger partial charge in [0, 0.05) is 5.56 Å². The average Bonchev–Trinajstić information content (AvgIpc) is 3.10. The number of thiazole rings is 1. The molecular weight excluding hydrogens is 364 g/mol. The van der Waals surface area contributed by atoms with Crippen molar-refractivity contribution < 1.29 is 18.4 Å². The molecule has 1 aromatic carbocycles. The zero-order valence-electron chi connectivity index (χ0n) is 16.8. The summed E-state index contributed by atoms with van der Waals surface area (Å²) in [5, 5.41) is 0.839. The number of aromatic nitrogens is 1. The van der Waals surface area contributed by atoms with Crippen LogP contribution in [-0.4, -0.2) is 30.4 Å². The molecule has 7 heteroatoms. The standard InChI is InChI=1S/C20H25BFNO3S/c1-12(17(22)21-25-19(3,4)20(5,6)26-21)16-13(2)23-18(27-16)14-8-10-15(24-7)11-9-14/h8-11H,1-7H3. The van der Waals surface area contributed by atoms with Gasteiger partial charge in [0.2, 0.25) is 0 Å². The summed E-state index contributed by atoms with van der Waals surface area (Å²) in [6.07, 6.45) is 0. The number of methoxy groups -OCH3 is 1. The first-order valence-electron chi connectivity index (χ1n) is 8.90. The lowest BCUT2D eigenvalue weighted by molar-refractivity contribution is 0.00578. The number of benzene rings is 1. The van der Waals surface area contributed by atoms with Gasteiger partial charge in [-0.1, -0.05) is 0 Å². The third-order valence-corrected chi connectivity index (χ3v) is 6.62.